The lowest BCUT2D eigenvalue weighted by atomic mass is 10.1. The Bertz CT molecular complexity index is 1020. The summed E-state index contributed by atoms with van der Waals surface area (Å²) in [6, 6.07) is 8.19. The summed E-state index contributed by atoms with van der Waals surface area (Å²) in [7, 11) is 0. The van der Waals surface area contributed by atoms with E-state index in [2.05, 4.69) is 15.2 Å². The van der Waals surface area contributed by atoms with E-state index in [9.17, 15) is 9.18 Å². The highest BCUT2D eigenvalue weighted by molar-refractivity contribution is 5.91. The second-order valence-corrected chi connectivity index (χ2v) is 7.25. The Morgan fingerprint density at radius 1 is 1.23 bits per heavy atom. The molecular formula is C22H26FN5O2. The number of carbonyl (C=O) groups is 1. The third kappa shape index (κ3) is 4.32. The van der Waals surface area contributed by atoms with Gasteiger partial charge in [-0.3, -0.25) is 9.79 Å². The fraction of sp³-hybridized carbons (Fsp3) is 0.364. The molecule has 4 rings (SSSR count). The Hall–Kier alpha value is -3.29. The lowest BCUT2D eigenvalue weighted by Crippen LogP contribution is -2.53. The monoisotopic (exact) mass is 411 g/mol. The number of hydrogen-bond donors (Lipinski definition) is 2. The first-order valence-electron chi connectivity index (χ1n) is 10.3. The maximum Gasteiger partial charge on any atom is 0.289 e. The van der Waals surface area contributed by atoms with Crippen LogP contribution in [0, 0.1) is 5.82 Å². The Morgan fingerprint density at radius 3 is 2.77 bits per heavy atom. The number of aliphatic imine (C=N–C) groups is 1. The van der Waals surface area contributed by atoms with Gasteiger partial charge in [0.1, 0.15) is 5.82 Å². The average molecular weight is 411 g/mol. The number of nitrogens with one attached hydrogen (secondary N) is 2. The first-order valence-corrected chi connectivity index (χ1v) is 10.3. The third-order valence-electron chi connectivity index (χ3n) is 5.31. The van der Waals surface area contributed by atoms with E-state index in [1.165, 1.54) is 12.3 Å². The van der Waals surface area contributed by atoms with Crippen LogP contribution >= 0.6 is 0 Å². The van der Waals surface area contributed by atoms with Gasteiger partial charge in [-0.15, -0.1) is 0 Å². The number of rotatable bonds is 5. The molecule has 2 N–H and O–H groups in total. The molecule has 0 atom stereocenters. The van der Waals surface area contributed by atoms with Crippen molar-refractivity contribution in [3.63, 3.8) is 0 Å². The van der Waals surface area contributed by atoms with E-state index in [-0.39, 0.29) is 11.7 Å². The molecule has 0 aliphatic carbocycles. The zero-order valence-corrected chi connectivity index (χ0v) is 17.0. The van der Waals surface area contributed by atoms with Gasteiger partial charge in [-0.05, 0) is 49.2 Å². The van der Waals surface area contributed by atoms with Gasteiger partial charge >= 0.3 is 0 Å². The molecule has 1 amide bonds. The number of hydrogen-bond acceptors (Lipinski definition) is 3. The lowest BCUT2D eigenvalue weighted by molar-refractivity contribution is 0.0657. The molecular weight excluding hydrogens is 385 g/mol. The van der Waals surface area contributed by atoms with Crippen molar-refractivity contribution in [2.45, 2.75) is 13.3 Å². The predicted octanol–water partition coefficient (Wildman–Crippen LogP) is 2.87. The molecule has 1 aromatic carbocycles. The molecule has 8 heteroatoms. The van der Waals surface area contributed by atoms with Crippen LogP contribution in [-0.4, -0.2) is 65.9 Å². The maximum absolute atomic E-state index is 13.6. The molecule has 2 aromatic heterocycles. The van der Waals surface area contributed by atoms with Crippen LogP contribution < -0.4 is 5.32 Å². The van der Waals surface area contributed by atoms with Crippen LogP contribution in [0.2, 0.25) is 0 Å². The highest BCUT2D eigenvalue weighted by Crippen LogP contribution is 2.20. The fourth-order valence-corrected chi connectivity index (χ4v) is 3.74. The van der Waals surface area contributed by atoms with E-state index in [0.29, 0.717) is 38.5 Å². The van der Waals surface area contributed by atoms with Crippen LogP contribution in [0.4, 0.5) is 4.39 Å². The van der Waals surface area contributed by atoms with Crippen molar-refractivity contribution >= 4 is 22.8 Å². The fourth-order valence-electron chi connectivity index (χ4n) is 3.74. The number of benzene rings is 1. The van der Waals surface area contributed by atoms with Gasteiger partial charge in [0.2, 0.25) is 0 Å². The first-order chi connectivity index (χ1) is 14.7. The number of nitrogens with zero attached hydrogens (tertiary/aromatic N) is 3. The molecule has 0 radical (unpaired) electrons. The van der Waals surface area contributed by atoms with Crippen LogP contribution in [0.1, 0.15) is 23.0 Å². The second kappa shape index (κ2) is 9.02. The van der Waals surface area contributed by atoms with E-state index in [1.54, 1.807) is 29.2 Å². The molecule has 0 spiro atoms. The van der Waals surface area contributed by atoms with E-state index in [0.717, 1.165) is 35.4 Å². The predicted molar refractivity (Wildman–Crippen MR) is 114 cm³/mol. The van der Waals surface area contributed by atoms with Gasteiger partial charge in [0, 0.05) is 56.4 Å². The summed E-state index contributed by atoms with van der Waals surface area (Å²) >= 11 is 0. The van der Waals surface area contributed by atoms with Gasteiger partial charge in [-0.25, -0.2) is 4.39 Å². The van der Waals surface area contributed by atoms with Crippen LogP contribution in [-0.2, 0) is 6.42 Å². The number of aromatic nitrogens is 1. The molecule has 1 saturated heterocycles. The number of carbonyl (C=O) groups excluding carboxylic acids is 1. The van der Waals surface area contributed by atoms with Crippen LogP contribution in [0.3, 0.4) is 0 Å². The van der Waals surface area contributed by atoms with Crippen molar-refractivity contribution in [1.82, 2.24) is 20.1 Å². The number of fused-ring (bicyclic) bond motifs is 1. The van der Waals surface area contributed by atoms with Crippen molar-refractivity contribution in [2.24, 2.45) is 4.99 Å². The summed E-state index contributed by atoms with van der Waals surface area (Å²) in [5, 5.41) is 4.24. The molecule has 3 aromatic rings. The Balaban J connectivity index is 1.37. The van der Waals surface area contributed by atoms with Crippen molar-refractivity contribution < 1.29 is 13.6 Å². The van der Waals surface area contributed by atoms with Gasteiger partial charge in [-0.2, -0.15) is 0 Å². The minimum atomic E-state index is -0.234. The molecule has 3 heterocycles. The van der Waals surface area contributed by atoms with Crippen molar-refractivity contribution in [3.8, 4) is 0 Å². The zero-order chi connectivity index (χ0) is 20.9. The topological polar surface area (TPSA) is 76.9 Å². The largest absolute Gasteiger partial charge is 0.459 e. The molecule has 158 valence electrons. The Labute approximate surface area is 174 Å². The zero-order valence-electron chi connectivity index (χ0n) is 17.0. The summed E-state index contributed by atoms with van der Waals surface area (Å²) in [5.74, 6) is 0.906. The van der Waals surface area contributed by atoms with Crippen LogP contribution in [0.5, 0.6) is 0 Å². The summed E-state index contributed by atoms with van der Waals surface area (Å²) < 4.78 is 18.8. The number of piperazine rings is 1. The maximum atomic E-state index is 13.6. The van der Waals surface area contributed by atoms with Gasteiger partial charge in [-0.1, -0.05) is 0 Å². The highest BCUT2D eigenvalue weighted by atomic mass is 19.1. The standard InChI is InChI=1S/C22H26FN5O2/c1-2-24-22(25-8-7-16-15-26-19-6-5-17(23)14-18(16)19)28-11-9-27(10-12-28)21(29)20-4-3-13-30-20/h3-6,13-15,26H,2,7-12H2,1H3,(H,24,25). The Morgan fingerprint density at radius 2 is 2.03 bits per heavy atom. The summed E-state index contributed by atoms with van der Waals surface area (Å²) in [5.41, 5.74) is 1.98. The molecule has 0 unspecified atom stereocenters. The van der Waals surface area contributed by atoms with Crippen LogP contribution in [0.25, 0.3) is 10.9 Å². The van der Waals surface area contributed by atoms with E-state index >= 15 is 0 Å². The number of aromatic amines is 1. The van der Waals surface area contributed by atoms with Gasteiger partial charge < -0.3 is 24.5 Å². The molecule has 30 heavy (non-hydrogen) atoms. The third-order valence-corrected chi connectivity index (χ3v) is 5.31. The minimum Gasteiger partial charge on any atom is -0.459 e. The molecule has 1 fully saturated rings. The summed E-state index contributed by atoms with van der Waals surface area (Å²) in [6.07, 6.45) is 4.16. The van der Waals surface area contributed by atoms with E-state index < -0.39 is 0 Å². The second-order valence-electron chi connectivity index (χ2n) is 7.25. The number of halogens is 1. The van der Waals surface area contributed by atoms with Crippen molar-refractivity contribution in [3.05, 3.63) is 59.9 Å². The van der Waals surface area contributed by atoms with E-state index in [4.69, 9.17) is 9.41 Å². The molecule has 0 saturated carbocycles. The quantitative estimate of drug-likeness (QED) is 0.500. The summed E-state index contributed by atoms with van der Waals surface area (Å²) in [4.78, 5) is 24.4. The molecule has 0 bridgehead atoms. The number of amides is 1. The smallest absolute Gasteiger partial charge is 0.289 e. The molecule has 7 nitrogen and oxygen atoms in total. The normalized spacial score (nSPS) is 15.1. The highest BCUT2D eigenvalue weighted by Gasteiger charge is 2.25. The minimum absolute atomic E-state index is 0.0758. The number of furan rings is 1. The molecule has 1 aliphatic rings. The lowest BCUT2D eigenvalue weighted by Gasteiger charge is -2.36. The van der Waals surface area contributed by atoms with Crippen molar-refractivity contribution in [1.29, 1.82) is 0 Å². The number of guanidine groups is 1. The van der Waals surface area contributed by atoms with Crippen molar-refractivity contribution in [2.75, 3.05) is 39.3 Å². The van der Waals surface area contributed by atoms with Gasteiger partial charge in [0.25, 0.3) is 5.91 Å². The van der Waals surface area contributed by atoms with Gasteiger partial charge in [0.15, 0.2) is 11.7 Å². The Kier molecular flexibility index (Phi) is 6.02. The number of H-pyrrole nitrogens is 1. The van der Waals surface area contributed by atoms with E-state index in [1.807, 2.05) is 13.1 Å². The first kappa shape index (κ1) is 20.0. The molecule has 1 aliphatic heterocycles. The van der Waals surface area contributed by atoms with Crippen LogP contribution in [0.15, 0.2) is 52.2 Å². The average Bonchev–Trinajstić information content (AvgIpc) is 3.43. The van der Waals surface area contributed by atoms with Gasteiger partial charge in [0.05, 0.1) is 6.26 Å². The summed E-state index contributed by atoms with van der Waals surface area (Å²) in [6.45, 7) is 6.04. The SMILES string of the molecule is CCNC(=NCCc1c[nH]c2ccc(F)cc12)N1CCN(C(=O)c2ccco2)CC1.